The second kappa shape index (κ2) is 3.80. The number of carboxylic acid groups (broad SMARTS) is 1. The molecule has 6 heteroatoms. The van der Waals surface area contributed by atoms with E-state index in [1.54, 1.807) is 12.1 Å². The molecule has 1 fully saturated rings. The van der Waals surface area contributed by atoms with E-state index < -0.39 is 32.5 Å². The molecule has 3 atom stereocenters. The smallest absolute Gasteiger partial charge is 0.325 e. The third kappa shape index (κ3) is 1.81. The number of nitrogens with two attached hydrogens (primary N) is 1. The predicted molar refractivity (Wildman–Crippen MR) is 67.1 cm³/mol. The maximum Gasteiger partial charge on any atom is 0.325 e. The summed E-state index contributed by atoms with van der Waals surface area (Å²) in [5, 5.41) is 8.09. The highest BCUT2D eigenvalue weighted by atomic mass is 32.2. The molecule has 98 valence electrons. The normalized spacial score (nSPS) is 31.1. The Morgan fingerprint density at radius 3 is 2.17 bits per heavy atom. The van der Waals surface area contributed by atoms with Crippen LogP contribution in [0.15, 0.2) is 24.3 Å². The van der Waals surface area contributed by atoms with E-state index in [0.717, 1.165) is 11.8 Å². The lowest BCUT2D eigenvalue weighted by molar-refractivity contribution is -0.139. The third-order valence-corrected chi connectivity index (χ3v) is 5.03. The van der Waals surface area contributed by atoms with Gasteiger partial charge in [-0.1, -0.05) is 29.8 Å². The zero-order chi connectivity index (χ0) is 13.7. The average Bonchev–Trinajstić information content (AvgIpc) is 2.87. The Bertz CT molecular complexity index is 593. The van der Waals surface area contributed by atoms with Crippen molar-refractivity contribution in [2.75, 3.05) is 6.26 Å². The van der Waals surface area contributed by atoms with Gasteiger partial charge in [0.2, 0.25) is 0 Å². The Morgan fingerprint density at radius 1 is 1.33 bits per heavy atom. The van der Waals surface area contributed by atoms with Gasteiger partial charge in [-0.15, -0.1) is 0 Å². The minimum atomic E-state index is -3.50. The van der Waals surface area contributed by atoms with E-state index in [-0.39, 0.29) is 0 Å². The quantitative estimate of drug-likeness (QED) is 0.821. The SMILES string of the molecule is Cc1ccc([C@@H]2[C@H](S(C)(=O)=O)[C@]2(N)C(=O)O)cc1. The van der Waals surface area contributed by atoms with E-state index in [0.29, 0.717) is 5.56 Å². The molecule has 18 heavy (non-hydrogen) atoms. The largest absolute Gasteiger partial charge is 0.480 e. The third-order valence-electron chi connectivity index (χ3n) is 3.45. The van der Waals surface area contributed by atoms with Gasteiger partial charge in [0.1, 0.15) is 5.54 Å². The van der Waals surface area contributed by atoms with Crippen molar-refractivity contribution in [2.24, 2.45) is 5.73 Å². The van der Waals surface area contributed by atoms with Gasteiger partial charge in [-0.05, 0) is 12.5 Å². The summed E-state index contributed by atoms with van der Waals surface area (Å²) in [5.41, 5.74) is 5.73. The second-order valence-electron chi connectivity index (χ2n) is 4.88. The number of benzene rings is 1. The molecule has 0 saturated heterocycles. The molecule has 1 aromatic rings. The van der Waals surface area contributed by atoms with Crippen LogP contribution < -0.4 is 5.73 Å². The highest BCUT2D eigenvalue weighted by Crippen LogP contribution is 2.54. The van der Waals surface area contributed by atoms with Crippen molar-refractivity contribution < 1.29 is 18.3 Å². The molecule has 1 saturated carbocycles. The first-order valence-electron chi connectivity index (χ1n) is 5.46. The van der Waals surface area contributed by atoms with E-state index in [9.17, 15) is 13.2 Å². The minimum Gasteiger partial charge on any atom is -0.480 e. The first kappa shape index (κ1) is 13.0. The lowest BCUT2D eigenvalue weighted by Gasteiger charge is -2.05. The molecule has 0 spiro atoms. The molecule has 0 radical (unpaired) electrons. The van der Waals surface area contributed by atoms with Gasteiger partial charge >= 0.3 is 5.97 Å². The summed E-state index contributed by atoms with van der Waals surface area (Å²) < 4.78 is 23.2. The van der Waals surface area contributed by atoms with Crippen molar-refractivity contribution in [3.63, 3.8) is 0 Å². The second-order valence-corrected chi connectivity index (χ2v) is 7.04. The number of rotatable bonds is 3. The summed E-state index contributed by atoms with van der Waals surface area (Å²) in [6, 6.07) is 7.09. The van der Waals surface area contributed by atoms with Crippen LogP contribution in [0.1, 0.15) is 17.0 Å². The number of sulfone groups is 1. The van der Waals surface area contributed by atoms with Gasteiger partial charge in [0, 0.05) is 12.2 Å². The van der Waals surface area contributed by atoms with E-state index in [4.69, 9.17) is 10.8 Å². The summed E-state index contributed by atoms with van der Waals surface area (Å²) >= 11 is 0. The number of aliphatic carboxylic acids is 1. The molecule has 1 aliphatic carbocycles. The highest BCUT2D eigenvalue weighted by molar-refractivity contribution is 7.91. The number of hydrogen-bond acceptors (Lipinski definition) is 4. The van der Waals surface area contributed by atoms with Crippen molar-refractivity contribution in [1.29, 1.82) is 0 Å². The Balaban J connectivity index is 2.45. The fraction of sp³-hybridized carbons (Fsp3) is 0.417. The van der Waals surface area contributed by atoms with Gasteiger partial charge in [-0.25, -0.2) is 8.42 Å². The number of carbonyl (C=O) groups is 1. The van der Waals surface area contributed by atoms with E-state index >= 15 is 0 Å². The minimum absolute atomic E-state index is 0.654. The van der Waals surface area contributed by atoms with Crippen molar-refractivity contribution in [3.05, 3.63) is 35.4 Å². The lowest BCUT2D eigenvalue weighted by Crippen LogP contribution is -2.39. The fourth-order valence-corrected chi connectivity index (χ4v) is 4.21. The van der Waals surface area contributed by atoms with Gasteiger partial charge < -0.3 is 10.8 Å². The molecule has 1 aliphatic rings. The Morgan fingerprint density at radius 2 is 1.83 bits per heavy atom. The lowest BCUT2D eigenvalue weighted by atomic mass is 10.1. The van der Waals surface area contributed by atoms with Crippen molar-refractivity contribution in [3.8, 4) is 0 Å². The zero-order valence-corrected chi connectivity index (χ0v) is 10.9. The monoisotopic (exact) mass is 269 g/mol. The van der Waals surface area contributed by atoms with E-state index in [1.165, 1.54) is 0 Å². The average molecular weight is 269 g/mol. The number of hydrogen-bond donors (Lipinski definition) is 2. The number of carboxylic acids is 1. The van der Waals surface area contributed by atoms with Gasteiger partial charge in [0.25, 0.3) is 0 Å². The van der Waals surface area contributed by atoms with Gasteiger partial charge in [0.15, 0.2) is 9.84 Å². The molecule has 0 heterocycles. The molecule has 1 aromatic carbocycles. The topological polar surface area (TPSA) is 97.5 Å². The van der Waals surface area contributed by atoms with E-state index in [2.05, 4.69) is 0 Å². The van der Waals surface area contributed by atoms with Crippen LogP contribution in [0.4, 0.5) is 0 Å². The summed E-state index contributed by atoms with van der Waals surface area (Å²) in [6.07, 6.45) is 1.02. The molecule has 0 amide bonds. The Labute approximate surface area is 106 Å². The van der Waals surface area contributed by atoms with Crippen LogP contribution in [0.3, 0.4) is 0 Å². The van der Waals surface area contributed by atoms with Crippen molar-refractivity contribution in [2.45, 2.75) is 23.6 Å². The van der Waals surface area contributed by atoms with Crippen LogP contribution >= 0.6 is 0 Å². The predicted octanol–water partition coefficient (Wildman–Crippen LogP) is 0.288. The van der Waals surface area contributed by atoms with Gasteiger partial charge in [-0.2, -0.15) is 0 Å². The van der Waals surface area contributed by atoms with Crippen LogP contribution in [-0.4, -0.2) is 36.5 Å². The molecule has 0 aromatic heterocycles. The molecule has 0 bridgehead atoms. The molecular formula is C12H15NO4S. The highest BCUT2D eigenvalue weighted by Gasteiger charge is 2.73. The number of aryl methyl sites for hydroxylation is 1. The summed E-state index contributed by atoms with van der Waals surface area (Å²) in [7, 11) is -3.50. The van der Waals surface area contributed by atoms with Crippen LogP contribution in [0.2, 0.25) is 0 Å². The summed E-state index contributed by atoms with van der Waals surface area (Å²) in [5.74, 6) is -1.95. The maximum absolute atomic E-state index is 11.6. The summed E-state index contributed by atoms with van der Waals surface area (Å²) in [4.78, 5) is 11.2. The summed E-state index contributed by atoms with van der Waals surface area (Å²) in [6.45, 7) is 1.90. The first-order chi connectivity index (χ1) is 8.19. The molecule has 3 N–H and O–H groups in total. The standard InChI is InChI=1S/C12H15NO4S/c1-7-3-5-8(6-4-7)9-10(18(2,16)17)12(9,13)11(14)15/h3-6,9-10H,13H2,1-2H3,(H,14,15)/t9-,10+,12+/m1/s1. The molecule has 0 unspecified atom stereocenters. The molecular weight excluding hydrogens is 254 g/mol. The Kier molecular flexibility index (Phi) is 2.75. The maximum atomic E-state index is 11.6. The van der Waals surface area contributed by atoms with Gasteiger partial charge in [0.05, 0.1) is 5.25 Å². The van der Waals surface area contributed by atoms with Gasteiger partial charge in [-0.3, -0.25) is 4.79 Å². The zero-order valence-electron chi connectivity index (χ0n) is 10.1. The van der Waals surface area contributed by atoms with Crippen molar-refractivity contribution >= 4 is 15.8 Å². The fourth-order valence-electron chi connectivity index (χ4n) is 2.45. The van der Waals surface area contributed by atoms with Crippen LogP contribution in [-0.2, 0) is 14.6 Å². The van der Waals surface area contributed by atoms with Crippen LogP contribution in [0.5, 0.6) is 0 Å². The molecule has 5 nitrogen and oxygen atoms in total. The van der Waals surface area contributed by atoms with Crippen LogP contribution in [0.25, 0.3) is 0 Å². The Hall–Kier alpha value is -1.40. The van der Waals surface area contributed by atoms with Crippen molar-refractivity contribution in [1.82, 2.24) is 0 Å². The van der Waals surface area contributed by atoms with Crippen LogP contribution in [0, 0.1) is 6.92 Å². The molecule has 2 rings (SSSR count). The first-order valence-corrected chi connectivity index (χ1v) is 7.42. The molecule has 0 aliphatic heterocycles. The van der Waals surface area contributed by atoms with E-state index in [1.807, 2.05) is 19.1 Å².